The zero-order valence-corrected chi connectivity index (χ0v) is 11.0. The molecule has 1 unspecified atom stereocenters. The molecular weight excluding hydrogens is 266 g/mol. The Bertz CT molecular complexity index is 482. The first kappa shape index (κ1) is 15.8. The van der Waals surface area contributed by atoms with Gasteiger partial charge in [0.05, 0.1) is 12.7 Å². The molecule has 1 aliphatic heterocycles. The summed E-state index contributed by atoms with van der Waals surface area (Å²) in [4.78, 5) is 20.6. The molecule has 0 amide bonds. The van der Waals surface area contributed by atoms with Crippen LogP contribution in [0, 0.1) is 0 Å². The van der Waals surface area contributed by atoms with Crippen LogP contribution >= 0.6 is 0 Å². The van der Waals surface area contributed by atoms with E-state index in [0.29, 0.717) is 0 Å². The molecule has 1 aromatic carbocycles. The Balaban J connectivity index is 0.000000217. The van der Waals surface area contributed by atoms with Crippen molar-refractivity contribution in [2.45, 2.75) is 18.9 Å². The van der Waals surface area contributed by atoms with Gasteiger partial charge in [-0.25, -0.2) is 4.79 Å². The monoisotopic (exact) mass is 283 g/mol. The average molecular weight is 283 g/mol. The van der Waals surface area contributed by atoms with Crippen LogP contribution < -0.4 is 10.1 Å². The molecule has 1 saturated heterocycles. The Morgan fingerprint density at radius 1 is 1.35 bits per heavy atom. The van der Waals surface area contributed by atoms with Gasteiger partial charge in [-0.3, -0.25) is 4.79 Å². The van der Waals surface area contributed by atoms with E-state index in [4.69, 9.17) is 20.1 Å². The number of carboxylic acid groups (broad SMARTS) is 2. The number of phenols is 1. The average Bonchev–Trinajstić information content (AvgIpc) is 2.94. The normalized spacial score (nSPS) is 16.9. The van der Waals surface area contributed by atoms with E-state index in [2.05, 4.69) is 5.32 Å². The molecule has 0 aromatic heterocycles. The largest absolute Gasteiger partial charge is 0.504 e. The molecule has 0 spiro atoms. The maximum Gasteiger partial charge on any atom is 0.335 e. The first-order chi connectivity index (χ1) is 9.45. The first-order valence-corrected chi connectivity index (χ1v) is 6.02. The van der Waals surface area contributed by atoms with Crippen LogP contribution in [-0.2, 0) is 4.79 Å². The highest BCUT2D eigenvalue weighted by molar-refractivity contribution is 5.88. The molecule has 1 heterocycles. The van der Waals surface area contributed by atoms with Crippen molar-refractivity contribution in [3.63, 3.8) is 0 Å². The molecule has 7 nitrogen and oxygen atoms in total. The lowest BCUT2D eigenvalue weighted by Crippen LogP contribution is -2.29. The number of nitrogens with one attached hydrogen (secondary N) is 1. The minimum Gasteiger partial charge on any atom is -0.504 e. The van der Waals surface area contributed by atoms with Gasteiger partial charge in [-0.2, -0.15) is 0 Å². The number of aromatic carboxylic acids is 1. The van der Waals surface area contributed by atoms with Gasteiger partial charge in [0.25, 0.3) is 0 Å². The van der Waals surface area contributed by atoms with Crippen molar-refractivity contribution in [1.82, 2.24) is 5.32 Å². The van der Waals surface area contributed by atoms with Crippen LogP contribution in [0.25, 0.3) is 0 Å². The standard InChI is InChI=1S/C8H8O4.C5H9NO2/c1-12-7-4-5(8(10)11)2-3-6(7)9;7-5(8)4-2-1-3-6-4/h2-4,9H,1H3,(H,10,11);4,6H,1-3H2,(H,7,8). The highest BCUT2D eigenvalue weighted by Gasteiger charge is 2.20. The fourth-order valence-corrected chi connectivity index (χ4v) is 1.71. The summed E-state index contributed by atoms with van der Waals surface area (Å²) < 4.78 is 4.72. The molecule has 1 aliphatic rings. The number of aliphatic carboxylic acids is 1. The third kappa shape index (κ3) is 4.43. The topological polar surface area (TPSA) is 116 Å². The molecule has 1 atom stereocenters. The van der Waals surface area contributed by atoms with Crippen molar-refractivity contribution in [3.8, 4) is 11.5 Å². The minimum absolute atomic E-state index is 0.0671. The quantitative estimate of drug-likeness (QED) is 0.651. The van der Waals surface area contributed by atoms with Crippen molar-refractivity contribution in [2.24, 2.45) is 0 Å². The molecule has 0 bridgehead atoms. The number of carbonyl (C=O) groups is 2. The number of carboxylic acids is 2. The zero-order chi connectivity index (χ0) is 15.1. The Labute approximate surface area is 115 Å². The van der Waals surface area contributed by atoms with E-state index >= 15 is 0 Å². The first-order valence-electron chi connectivity index (χ1n) is 6.02. The van der Waals surface area contributed by atoms with Crippen molar-refractivity contribution < 1.29 is 29.6 Å². The van der Waals surface area contributed by atoms with Gasteiger partial charge in [0, 0.05) is 0 Å². The number of hydrogen-bond donors (Lipinski definition) is 4. The van der Waals surface area contributed by atoms with Crippen LogP contribution in [0.3, 0.4) is 0 Å². The Hall–Kier alpha value is -2.28. The van der Waals surface area contributed by atoms with E-state index in [0.717, 1.165) is 19.4 Å². The van der Waals surface area contributed by atoms with Crippen LogP contribution in [0.15, 0.2) is 18.2 Å². The summed E-state index contributed by atoms with van der Waals surface area (Å²) in [6, 6.07) is 3.58. The van der Waals surface area contributed by atoms with Crippen LogP contribution in [-0.4, -0.2) is 47.0 Å². The molecule has 4 N–H and O–H groups in total. The summed E-state index contributed by atoms with van der Waals surface area (Å²) in [5, 5.41) is 28.9. The van der Waals surface area contributed by atoms with Crippen LogP contribution in [0.5, 0.6) is 11.5 Å². The predicted octanol–water partition coefficient (Wildman–Crippen LogP) is 0.922. The van der Waals surface area contributed by atoms with Gasteiger partial charge in [-0.05, 0) is 37.6 Å². The van der Waals surface area contributed by atoms with E-state index in [1.807, 2.05) is 0 Å². The summed E-state index contributed by atoms with van der Waals surface area (Å²) in [5.41, 5.74) is 0.0876. The van der Waals surface area contributed by atoms with Crippen molar-refractivity contribution >= 4 is 11.9 Å². The van der Waals surface area contributed by atoms with E-state index < -0.39 is 11.9 Å². The summed E-state index contributed by atoms with van der Waals surface area (Å²) in [5.74, 6) is -1.67. The Kier molecular flexibility index (Phi) is 5.79. The van der Waals surface area contributed by atoms with E-state index in [1.54, 1.807) is 0 Å². The summed E-state index contributed by atoms with van der Waals surface area (Å²) in [7, 11) is 1.36. The molecule has 0 aliphatic carbocycles. The second-order valence-electron chi connectivity index (χ2n) is 4.18. The molecule has 7 heteroatoms. The highest BCUT2D eigenvalue weighted by atomic mass is 16.5. The molecule has 110 valence electrons. The lowest BCUT2D eigenvalue weighted by molar-refractivity contribution is -0.139. The maximum atomic E-state index is 10.4. The highest BCUT2D eigenvalue weighted by Crippen LogP contribution is 2.25. The van der Waals surface area contributed by atoms with Gasteiger partial charge >= 0.3 is 11.9 Å². The molecule has 2 rings (SSSR count). The lowest BCUT2D eigenvalue weighted by atomic mass is 10.2. The molecule has 20 heavy (non-hydrogen) atoms. The van der Waals surface area contributed by atoms with Gasteiger partial charge in [0.15, 0.2) is 11.5 Å². The predicted molar refractivity (Wildman–Crippen MR) is 70.3 cm³/mol. The number of hydrogen-bond acceptors (Lipinski definition) is 5. The number of phenolic OH excluding ortho intramolecular Hbond substituents is 1. The van der Waals surface area contributed by atoms with Crippen LogP contribution in [0.1, 0.15) is 23.2 Å². The van der Waals surface area contributed by atoms with Gasteiger partial charge in [-0.1, -0.05) is 0 Å². The van der Waals surface area contributed by atoms with E-state index in [-0.39, 0.29) is 23.1 Å². The van der Waals surface area contributed by atoms with Crippen LogP contribution in [0.2, 0.25) is 0 Å². The number of ether oxygens (including phenoxy) is 1. The summed E-state index contributed by atoms with van der Waals surface area (Å²) in [6.45, 7) is 0.858. The van der Waals surface area contributed by atoms with Gasteiger partial charge < -0.3 is 25.4 Å². The number of methoxy groups -OCH3 is 1. The molecule has 0 saturated carbocycles. The third-order valence-electron chi connectivity index (χ3n) is 2.79. The Morgan fingerprint density at radius 3 is 2.45 bits per heavy atom. The summed E-state index contributed by atoms with van der Waals surface area (Å²) in [6.07, 6.45) is 1.78. The minimum atomic E-state index is -1.05. The number of benzene rings is 1. The fourth-order valence-electron chi connectivity index (χ4n) is 1.71. The zero-order valence-electron chi connectivity index (χ0n) is 11.0. The maximum absolute atomic E-state index is 10.4. The number of aromatic hydroxyl groups is 1. The van der Waals surface area contributed by atoms with E-state index in [9.17, 15) is 9.59 Å². The molecule has 0 radical (unpaired) electrons. The Morgan fingerprint density at radius 2 is 2.05 bits per heavy atom. The van der Waals surface area contributed by atoms with Gasteiger partial charge in [0.1, 0.15) is 6.04 Å². The number of rotatable bonds is 3. The summed E-state index contributed by atoms with van der Waals surface area (Å²) >= 11 is 0. The molecular formula is C13H17NO6. The molecule has 1 fully saturated rings. The van der Waals surface area contributed by atoms with Crippen molar-refractivity contribution in [1.29, 1.82) is 0 Å². The second-order valence-corrected chi connectivity index (χ2v) is 4.18. The molecule has 1 aromatic rings. The SMILES string of the molecule is COc1cc(C(=O)O)ccc1O.O=C(O)C1CCCN1. The fraction of sp³-hybridized carbons (Fsp3) is 0.385. The smallest absolute Gasteiger partial charge is 0.335 e. The van der Waals surface area contributed by atoms with Crippen molar-refractivity contribution in [3.05, 3.63) is 23.8 Å². The van der Waals surface area contributed by atoms with Crippen LogP contribution in [0.4, 0.5) is 0 Å². The van der Waals surface area contributed by atoms with Gasteiger partial charge in [0.2, 0.25) is 0 Å². The lowest BCUT2D eigenvalue weighted by Gasteiger charge is -2.02. The second kappa shape index (κ2) is 7.34. The van der Waals surface area contributed by atoms with E-state index in [1.165, 1.54) is 25.3 Å². The van der Waals surface area contributed by atoms with Gasteiger partial charge in [-0.15, -0.1) is 0 Å². The third-order valence-corrected chi connectivity index (χ3v) is 2.79. The van der Waals surface area contributed by atoms with Crippen molar-refractivity contribution in [2.75, 3.05) is 13.7 Å².